The van der Waals surface area contributed by atoms with E-state index in [0.29, 0.717) is 16.5 Å². The van der Waals surface area contributed by atoms with Gasteiger partial charge in [-0.3, -0.25) is 4.79 Å². The van der Waals surface area contributed by atoms with Gasteiger partial charge in [-0.05, 0) is 55.5 Å². The summed E-state index contributed by atoms with van der Waals surface area (Å²) in [5, 5.41) is 4.90. The third kappa shape index (κ3) is 4.58. The Kier molecular flexibility index (Phi) is 5.35. The number of hydrogen-bond acceptors (Lipinski definition) is 5. The summed E-state index contributed by atoms with van der Waals surface area (Å²) >= 11 is 2.79. The predicted molar refractivity (Wildman–Crippen MR) is 102 cm³/mol. The molecule has 0 fully saturated rings. The third-order valence-corrected chi connectivity index (χ3v) is 5.31. The highest BCUT2D eigenvalue weighted by atomic mass is 32.2. The number of carbonyl (C=O) groups is 1. The maximum absolute atomic E-state index is 13.0. The number of thiazole rings is 1. The lowest BCUT2D eigenvalue weighted by Gasteiger charge is -2.10. The minimum atomic E-state index is -0.291. The van der Waals surface area contributed by atoms with Gasteiger partial charge in [-0.1, -0.05) is 0 Å². The molecule has 0 spiro atoms. The minimum absolute atomic E-state index is 0.123. The Hall–Kier alpha value is -2.38. The van der Waals surface area contributed by atoms with Crippen LogP contribution in [0.1, 0.15) is 6.92 Å². The number of rotatable bonds is 5. The molecule has 0 radical (unpaired) electrons. The van der Waals surface area contributed by atoms with Gasteiger partial charge in [0.05, 0.1) is 10.9 Å². The Balaban J connectivity index is 1.62. The molecule has 0 aliphatic heterocycles. The zero-order valence-electron chi connectivity index (χ0n) is 13.4. The molecule has 3 aromatic rings. The van der Waals surface area contributed by atoms with E-state index < -0.39 is 0 Å². The molecule has 3 N–H and O–H groups in total. The van der Waals surface area contributed by atoms with Gasteiger partial charge in [0.1, 0.15) is 5.82 Å². The van der Waals surface area contributed by atoms with Gasteiger partial charge in [0.15, 0.2) is 5.13 Å². The SMILES string of the molecule is CC(Sc1ccc(N)cc1)C(=O)Nc1nc(-c2ccc(F)cc2)cs1. The second kappa shape index (κ2) is 7.67. The highest BCUT2D eigenvalue weighted by molar-refractivity contribution is 8.00. The summed E-state index contributed by atoms with van der Waals surface area (Å²) < 4.78 is 13.0. The number of amides is 1. The summed E-state index contributed by atoms with van der Waals surface area (Å²) in [6.07, 6.45) is 0. The molecule has 0 saturated heterocycles. The number of benzene rings is 2. The van der Waals surface area contributed by atoms with Crippen molar-refractivity contribution in [2.75, 3.05) is 11.1 Å². The molecule has 0 saturated carbocycles. The number of anilines is 2. The molecule has 0 aliphatic carbocycles. The molecule has 0 bridgehead atoms. The molecule has 0 aliphatic rings. The van der Waals surface area contributed by atoms with Crippen molar-refractivity contribution in [3.8, 4) is 11.3 Å². The van der Waals surface area contributed by atoms with E-state index in [1.807, 2.05) is 36.6 Å². The molecule has 2 aromatic carbocycles. The molecule has 7 heteroatoms. The van der Waals surface area contributed by atoms with Crippen molar-refractivity contribution in [1.29, 1.82) is 0 Å². The van der Waals surface area contributed by atoms with Crippen LogP contribution in [-0.2, 0) is 4.79 Å². The second-order valence-electron chi connectivity index (χ2n) is 5.36. The number of halogens is 1. The second-order valence-corrected chi connectivity index (χ2v) is 7.64. The summed E-state index contributed by atoms with van der Waals surface area (Å²) in [6, 6.07) is 13.5. The van der Waals surface area contributed by atoms with Gasteiger partial charge < -0.3 is 11.1 Å². The van der Waals surface area contributed by atoms with Crippen LogP contribution in [0.4, 0.5) is 15.2 Å². The standard InChI is InChI=1S/C18H16FN3OS2/c1-11(25-15-8-6-14(20)7-9-15)17(23)22-18-21-16(10-24-18)12-2-4-13(19)5-3-12/h2-11H,20H2,1H3,(H,21,22,23). The summed E-state index contributed by atoms with van der Waals surface area (Å²) in [5.74, 6) is -0.414. The van der Waals surface area contributed by atoms with E-state index in [1.165, 1.54) is 35.2 Å². The fourth-order valence-corrected chi connectivity index (χ4v) is 3.69. The number of nitrogens with two attached hydrogens (primary N) is 1. The van der Waals surface area contributed by atoms with Crippen LogP contribution in [0.2, 0.25) is 0 Å². The number of nitrogen functional groups attached to an aromatic ring is 1. The lowest BCUT2D eigenvalue weighted by molar-refractivity contribution is -0.115. The van der Waals surface area contributed by atoms with Crippen molar-refractivity contribution in [2.45, 2.75) is 17.1 Å². The number of thioether (sulfide) groups is 1. The van der Waals surface area contributed by atoms with Crippen LogP contribution in [0.25, 0.3) is 11.3 Å². The van der Waals surface area contributed by atoms with Crippen molar-refractivity contribution >= 4 is 39.8 Å². The molecule has 25 heavy (non-hydrogen) atoms. The largest absolute Gasteiger partial charge is 0.399 e. The molecular weight excluding hydrogens is 357 g/mol. The predicted octanol–water partition coefficient (Wildman–Crippen LogP) is 4.65. The van der Waals surface area contributed by atoms with E-state index in [0.717, 1.165) is 10.5 Å². The van der Waals surface area contributed by atoms with Gasteiger partial charge in [-0.15, -0.1) is 23.1 Å². The van der Waals surface area contributed by atoms with Crippen LogP contribution in [0.15, 0.2) is 58.8 Å². The number of aromatic nitrogens is 1. The first-order valence-corrected chi connectivity index (χ1v) is 9.32. The highest BCUT2D eigenvalue weighted by Crippen LogP contribution is 2.27. The smallest absolute Gasteiger partial charge is 0.239 e. The summed E-state index contributed by atoms with van der Waals surface area (Å²) in [7, 11) is 0. The van der Waals surface area contributed by atoms with Crippen molar-refractivity contribution in [3.63, 3.8) is 0 Å². The molecule has 1 amide bonds. The Morgan fingerprint density at radius 2 is 1.88 bits per heavy atom. The molecular formula is C18H16FN3OS2. The van der Waals surface area contributed by atoms with Gasteiger partial charge in [0, 0.05) is 21.5 Å². The summed E-state index contributed by atoms with van der Waals surface area (Å²) in [5.41, 5.74) is 7.87. The zero-order valence-corrected chi connectivity index (χ0v) is 15.0. The molecule has 1 heterocycles. The van der Waals surface area contributed by atoms with Crippen LogP contribution in [0, 0.1) is 5.82 Å². The lowest BCUT2D eigenvalue weighted by atomic mass is 10.2. The van der Waals surface area contributed by atoms with Crippen LogP contribution >= 0.6 is 23.1 Å². The average molecular weight is 373 g/mol. The quantitative estimate of drug-likeness (QED) is 0.504. The van der Waals surface area contributed by atoms with Crippen molar-refractivity contribution in [1.82, 2.24) is 4.98 Å². The van der Waals surface area contributed by atoms with E-state index in [4.69, 9.17) is 5.73 Å². The van der Waals surface area contributed by atoms with Gasteiger partial charge in [0.2, 0.25) is 5.91 Å². The molecule has 1 unspecified atom stereocenters. The highest BCUT2D eigenvalue weighted by Gasteiger charge is 2.16. The van der Waals surface area contributed by atoms with Crippen molar-refractivity contribution in [3.05, 3.63) is 59.7 Å². The summed E-state index contributed by atoms with van der Waals surface area (Å²) in [6.45, 7) is 1.84. The third-order valence-electron chi connectivity index (χ3n) is 3.44. The number of nitrogens with one attached hydrogen (secondary N) is 1. The molecule has 128 valence electrons. The molecule has 3 rings (SSSR count). The zero-order chi connectivity index (χ0) is 17.8. The van der Waals surface area contributed by atoms with Gasteiger partial charge in [-0.25, -0.2) is 9.37 Å². The Labute approximate surface area is 153 Å². The van der Waals surface area contributed by atoms with Crippen LogP contribution in [0.5, 0.6) is 0 Å². The Morgan fingerprint density at radius 3 is 2.56 bits per heavy atom. The van der Waals surface area contributed by atoms with Crippen LogP contribution in [0.3, 0.4) is 0 Å². The number of carbonyl (C=O) groups excluding carboxylic acids is 1. The molecule has 1 aromatic heterocycles. The van der Waals surface area contributed by atoms with Crippen molar-refractivity contribution < 1.29 is 9.18 Å². The first-order chi connectivity index (χ1) is 12.0. The minimum Gasteiger partial charge on any atom is -0.399 e. The Morgan fingerprint density at radius 1 is 1.20 bits per heavy atom. The normalized spacial score (nSPS) is 11.9. The molecule has 4 nitrogen and oxygen atoms in total. The topological polar surface area (TPSA) is 68.0 Å². The number of nitrogens with zero attached hydrogens (tertiary/aromatic N) is 1. The maximum Gasteiger partial charge on any atom is 0.239 e. The van der Waals surface area contributed by atoms with E-state index >= 15 is 0 Å². The number of hydrogen-bond donors (Lipinski definition) is 2. The van der Waals surface area contributed by atoms with E-state index in [9.17, 15) is 9.18 Å². The first-order valence-electron chi connectivity index (χ1n) is 7.56. The Bertz CT molecular complexity index is 863. The first kappa shape index (κ1) is 17.4. The van der Waals surface area contributed by atoms with Crippen molar-refractivity contribution in [2.24, 2.45) is 0 Å². The maximum atomic E-state index is 13.0. The fraction of sp³-hybridized carbons (Fsp3) is 0.111. The van der Waals surface area contributed by atoms with Crippen LogP contribution < -0.4 is 11.1 Å². The van der Waals surface area contributed by atoms with E-state index in [1.54, 1.807) is 12.1 Å². The van der Waals surface area contributed by atoms with Gasteiger partial charge in [0.25, 0.3) is 0 Å². The van der Waals surface area contributed by atoms with Gasteiger partial charge >= 0.3 is 0 Å². The van der Waals surface area contributed by atoms with Crippen LogP contribution in [-0.4, -0.2) is 16.1 Å². The fourth-order valence-electron chi connectivity index (χ4n) is 2.10. The summed E-state index contributed by atoms with van der Waals surface area (Å²) in [4.78, 5) is 17.7. The van der Waals surface area contributed by atoms with Gasteiger partial charge in [-0.2, -0.15) is 0 Å². The van der Waals surface area contributed by atoms with E-state index in [-0.39, 0.29) is 17.0 Å². The lowest BCUT2D eigenvalue weighted by Crippen LogP contribution is -2.22. The monoisotopic (exact) mass is 373 g/mol. The average Bonchev–Trinajstić information content (AvgIpc) is 3.06. The molecule has 1 atom stereocenters. The van der Waals surface area contributed by atoms with E-state index in [2.05, 4.69) is 10.3 Å².